The summed E-state index contributed by atoms with van der Waals surface area (Å²) in [4.78, 5) is 8.70. The first-order valence-corrected chi connectivity index (χ1v) is 11.1. The molecule has 1 unspecified atom stereocenters. The molecule has 0 aliphatic rings. The smallest absolute Gasteiger partial charge is 0.223 e. The number of nitrogens with zero attached hydrogens (tertiary/aromatic N) is 2. The van der Waals surface area contributed by atoms with Crippen molar-refractivity contribution in [2.24, 2.45) is 0 Å². The fraction of sp³-hybridized carbons (Fsp3) is 0.800. The van der Waals surface area contributed by atoms with E-state index in [0.717, 1.165) is 17.4 Å². The highest BCUT2D eigenvalue weighted by Crippen LogP contribution is 2.31. The Labute approximate surface area is 159 Å². The van der Waals surface area contributed by atoms with Crippen LogP contribution in [-0.2, 0) is 0 Å². The fourth-order valence-electron chi connectivity index (χ4n) is 2.98. The summed E-state index contributed by atoms with van der Waals surface area (Å²) in [6.07, 6.45) is 14.6. The van der Waals surface area contributed by atoms with Crippen molar-refractivity contribution < 1.29 is 0 Å². The number of nitrogens with two attached hydrogens (primary N) is 1. The normalized spacial score (nSPS) is 12.3. The van der Waals surface area contributed by atoms with E-state index in [9.17, 15) is 0 Å². The molecule has 0 aliphatic heterocycles. The van der Waals surface area contributed by atoms with Gasteiger partial charge in [0.15, 0.2) is 0 Å². The fourth-order valence-corrected chi connectivity index (χ4v) is 4.22. The highest BCUT2D eigenvalue weighted by atomic mass is 32.2. The van der Waals surface area contributed by atoms with E-state index in [2.05, 4.69) is 36.1 Å². The summed E-state index contributed by atoms with van der Waals surface area (Å²) >= 11 is 1.89. The minimum absolute atomic E-state index is 0.369. The van der Waals surface area contributed by atoms with E-state index in [4.69, 9.17) is 5.73 Å². The SMILES string of the molecule is CCCCCCCC(CCCCCC)Sc1cc(NCC)nc(N)n1. The highest BCUT2D eigenvalue weighted by molar-refractivity contribution is 7.99. The molecule has 0 spiro atoms. The van der Waals surface area contributed by atoms with Crippen LogP contribution in [0, 0.1) is 0 Å². The number of unbranched alkanes of at least 4 members (excludes halogenated alkanes) is 7. The second kappa shape index (κ2) is 14.2. The molecule has 0 aromatic carbocycles. The molecule has 1 rings (SSSR count). The van der Waals surface area contributed by atoms with Gasteiger partial charge in [0.1, 0.15) is 10.8 Å². The minimum atomic E-state index is 0.369. The van der Waals surface area contributed by atoms with Crippen LogP contribution in [0.3, 0.4) is 0 Å². The Kier molecular flexibility index (Phi) is 12.6. The van der Waals surface area contributed by atoms with Gasteiger partial charge >= 0.3 is 0 Å². The van der Waals surface area contributed by atoms with Gasteiger partial charge in [0.25, 0.3) is 0 Å². The average molecular weight is 367 g/mol. The summed E-state index contributed by atoms with van der Waals surface area (Å²) in [5.41, 5.74) is 5.88. The van der Waals surface area contributed by atoms with Gasteiger partial charge in [0, 0.05) is 17.9 Å². The molecule has 0 fully saturated rings. The summed E-state index contributed by atoms with van der Waals surface area (Å²) in [6, 6.07) is 2.04. The zero-order chi connectivity index (χ0) is 18.3. The summed E-state index contributed by atoms with van der Waals surface area (Å²) < 4.78 is 0. The molecule has 0 amide bonds. The Bertz CT molecular complexity index is 453. The van der Waals surface area contributed by atoms with E-state index in [1.165, 1.54) is 70.6 Å². The summed E-state index contributed by atoms with van der Waals surface area (Å²) in [5, 5.41) is 4.90. The molecule has 1 aromatic rings. The third-order valence-corrected chi connectivity index (χ3v) is 5.63. The molecule has 3 N–H and O–H groups in total. The second-order valence-corrected chi connectivity index (χ2v) is 8.09. The van der Waals surface area contributed by atoms with Crippen LogP contribution in [0.15, 0.2) is 11.1 Å². The quantitative estimate of drug-likeness (QED) is 0.217. The van der Waals surface area contributed by atoms with Gasteiger partial charge in [-0.05, 0) is 19.8 Å². The lowest BCUT2D eigenvalue weighted by Crippen LogP contribution is -2.07. The van der Waals surface area contributed by atoms with Crippen molar-refractivity contribution in [3.63, 3.8) is 0 Å². The van der Waals surface area contributed by atoms with Crippen LogP contribution in [0.25, 0.3) is 0 Å². The molecule has 0 saturated heterocycles. The molecular formula is C20H38N4S. The van der Waals surface area contributed by atoms with Crippen LogP contribution >= 0.6 is 11.8 Å². The van der Waals surface area contributed by atoms with Gasteiger partial charge in [0.05, 0.1) is 0 Å². The van der Waals surface area contributed by atoms with Crippen LogP contribution in [0.4, 0.5) is 11.8 Å². The highest BCUT2D eigenvalue weighted by Gasteiger charge is 2.13. The van der Waals surface area contributed by atoms with Gasteiger partial charge in [-0.15, -0.1) is 11.8 Å². The molecular weight excluding hydrogens is 328 g/mol. The van der Waals surface area contributed by atoms with Crippen molar-refractivity contribution in [1.82, 2.24) is 9.97 Å². The van der Waals surface area contributed by atoms with Gasteiger partial charge in [-0.1, -0.05) is 71.6 Å². The lowest BCUT2D eigenvalue weighted by atomic mass is 10.0. The molecule has 0 saturated carbocycles. The van der Waals surface area contributed by atoms with Crippen molar-refractivity contribution in [3.8, 4) is 0 Å². The number of nitrogen functional groups attached to an aromatic ring is 1. The van der Waals surface area contributed by atoms with Crippen LogP contribution in [0.2, 0.25) is 0 Å². The van der Waals surface area contributed by atoms with E-state index in [1.54, 1.807) is 0 Å². The van der Waals surface area contributed by atoms with Gasteiger partial charge in [-0.3, -0.25) is 0 Å². The number of hydrogen-bond donors (Lipinski definition) is 2. The molecule has 25 heavy (non-hydrogen) atoms. The van der Waals surface area contributed by atoms with E-state index >= 15 is 0 Å². The molecule has 144 valence electrons. The molecule has 0 bridgehead atoms. The maximum atomic E-state index is 5.88. The number of anilines is 2. The second-order valence-electron chi connectivity index (χ2n) is 6.77. The predicted molar refractivity (Wildman–Crippen MR) is 112 cm³/mol. The van der Waals surface area contributed by atoms with Crippen molar-refractivity contribution in [1.29, 1.82) is 0 Å². The van der Waals surface area contributed by atoms with Crippen LogP contribution in [0.5, 0.6) is 0 Å². The zero-order valence-electron chi connectivity index (χ0n) is 16.5. The van der Waals surface area contributed by atoms with Crippen LogP contribution < -0.4 is 11.1 Å². The van der Waals surface area contributed by atoms with E-state index in [-0.39, 0.29) is 0 Å². The number of thioether (sulfide) groups is 1. The van der Waals surface area contributed by atoms with E-state index in [0.29, 0.717) is 11.2 Å². The lowest BCUT2D eigenvalue weighted by molar-refractivity contribution is 0.556. The molecule has 1 aromatic heterocycles. The van der Waals surface area contributed by atoms with E-state index < -0.39 is 0 Å². The van der Waals surface area contributed by atoms with Crippen molar-refractivity contribution in [2.75, 3.05) is 17.6 Å². The Balaban J connectivity index is 2.57. The Morgan fingerprint density at radius 2 is 1.52 bits per heavy atom. The Hall–Kier alpha value is -0.970. The van der Waals surface area contributed by atoms with Crippen molar-refractivity contribution in [2.45, 2.75) is 102 Å². The Morgan fingerprint density at radius 1 is 0.920 bits per heavy atom. The first kappa shape index (κ1) is 22.1. The van der Waals surface area contributed by atoms with Gasteiger partial charge in [0.2, 0.25) is 5.95 Å². The summed E-state index contributed by atoms with van der Waals surface area (Å²) in [6.45, 7) is 7.45. The maximum absolute atomic E-state index is 5.88. The van der Waals surface area contributed by atoms with Crippen LogP contribution in [0.1, 0.15) is 91.4 Å². The topological polar surface area (TPSA) is 63.8 Å². The van der Waals surface area contributed by atoms with Gasteiger partial charge < -0.3 is 11.1 Å². The number of aromatic nitrogens is 2. The third kappa shape index (κ3) is 10.6. The minimum Gasteiger partial charge on any atom is -0.370 e. The molecule has 0 radical (unpaired) electrons. The number of hydrogen-bond acceptors (Lipinski definition) is 5. The lowest BCUT2D eigenvalue weighted by Gasteiger charge is -2.17. The van der Waals surface area contributed by atoms with Gasteiger partial charge in [-0.25, -0.2) is 4.98 Å². The monoisotopic (exact) mass is 366 g/mol. The zero-order valence-corrected chi connectivity index (χ0v) is 17.3. The Morgan fingerprint density at radius 3 is 2.12 bits per heavy atom. The largest absolute Gasteiger partial charge is 0.370 e. The number of rotatable bonds is 15. The van der Waals surface area contributed by atoms with Crippen LogP contribution in [-0.4, -0.2) is 21.8 Å². The molecule has 4 nitrogen and oxygen atoms in total. The molecule has 5 heteroatoms. The van der Waals surface area contributed by atoms with Gasteiger partial charge in [-0.2, -0.15) is 4.98 Å². The molecule has 1 heterocycles. The predicted octanol–water partition coefficient (Wildman–Crippen LogP) is 6.28. The first-order chi connectivity index (χ1) is 12.2. The average Bonchev–Trinajstić information content (AvgIpc) is 2.58. The molecule has 1 atom stereocenters. The van der Waals surface area contributed by atoms with E-state index in [1.807, 2.05) is 17.8 Å². The van der Waals surface area contributed by atoms with Crippen molar-refractivity contribution >= 4 is 23.5 Å². The maximum Gasteiger partial charge on any atom is 0.223 e. The third-order valence-electron chi connectivity index (χ3n) is 4.37. The molecule has 0 aliphatic carbocycles. The summed E-state index contributed by atoms with van der Waals surface area (Å²) in [7, 11) is 0. The standard InChI is InChI=1S/C20H38N4S/c1-4-7-9-11-13-15-17(14-12-10-8-5-2)25-19-16-18(22-6-3)23-20(21)24-19/h16-17H,4-15H2,1-3H3,(H3,21,22,23,24). The first-order valence-electron chi connectivity index (χ1n) is 10.2. The number of nitrogens with one attached hydrogen (secondary N) is 1. The van der Waals surface area contributed by atoms with Crippen molar-refractivity contribution in [3.05, 3.63) is 6.07 Å². The summed E-state index contributed by atoms with van der Waals surface area (Å²) in [5.74, 6) is 1.21.